The van der Waals surface area contributed by atoms with Gasteiger partial charge in [0.05, 0.1) is 31.3 Å². The summed E-state index contributed by atoms with van der Waals surface area (Å²) in [6.45, 7) is 1.84. The molecule has 5 atom stereocenters. The Balaban J connectivity index is 1.67. The molecule has 68 heavy (non-hydrogen) atoms. The van der Waals surface area contributed by atoms with Crippen LogP contribution in [0.5, 0.6) is 0 Å². The van der Waals surface area contributed by atoms with E-state index < -0.39 is 115 Å². The molecule has 3 rings (SSSR count). The second-order valence-electron chi connectivity index (χ2n) is 14.3. The average Bonchev–Trinajstić information content (AvgIpc) is 3.26. The van der Waals surface area contributed by atoms with E-state index in [-0.39, 0.29) is 60.3 Å². The Bertz CT molecular complexity index is 2420. The lowest BCUT2D eigenvalue weighted by molar-refractivity contribution is -0.143. The van der Waals surface area contributed by atoms with Crippen LogP contribution in [0.25, 0.3) is 11.2 Å². The van der Waals surface area contributed by atoms with Gasteiger partial charge in [-0.1, -0.05) is 28.5 Å². The Morgan fingerprint density at radius 3 is 1.93 bits per heavy atom. The van der Waals surface area contributed by atoms with Crippen LogP contribution >= 0.6 is 21.6 Å². The molecule has 0 aliphatic carbocycles. The van der Waals surface area contributed by atoms with E-state index in [0.29, 0.717) is 17.1 Å². The first kappa shape index (κ1) is 54.6. The van der Waals surface area contributed by atoms with Gasteiger partial charge >= 0.3 is 23.9 Å². The summed E-state index contributed by atoms with van der Waals surface area (Å²) < 4.78 is 0. The van der Waals surface area contributed by atoms with E-state index in [9.17, 15) is 68.4 Å². The molecule has 5 amide bonds. The number of anilines is 2. The predicted octanol–water partition coefficient (Wildman–Crippen LogP) is -2.70. The SMILES string of the molecule is CCSSCC(NC(=O)C(CC(=O)O)NC(=O)C(CCCN=C(N)N)NC(=O)C(CC(=O)O)NC(=O)CCC(NC(=O)c1ccc(NCc2cnc3nc(N)[nH]c(=O)c3n2)cc1)C(=O)O)C(=O)O. The van der Waals surface area contributed by atoms with E-state index >= 15 is 0 Å². The number of nitrogens with one attached hydrogen (secondary N) is 7. The van der Waals surface area contributed by atoms with Crippen molar-refractivity contribution in [1.82, 2.24) is 46.5 Å². The van der Waals surface area contributed by atoms with Crippen LogP contribution in [0, 0.1) is 0 Å². The summed E-state index contributed by atoms with van der Waals surface area (Å²) in [6, 6.07) is -2.73. The van der Waals surface area contributed by atoms with E-state index in [2.05, 4.69) is 56.8 Å². The number of aliphatic carboxylic acids is 4. The van der Waals surface area contributed by atoms with E-state index in [0.717, 1.165) is 10.8 Å². The third-order valence-electron chi connectivity index (χ3n) is 9.04. The lowest BCUT2D eigenvalue weighted by Crippen LogP contribution is -2.58. The van der Waals surface area contributed by atoms with Crippen molar-refractivity contribution in [3.63, 3.8) is 0 Å². The van der Waals surface area contributed by atoms with Crippen molar-refractivity contribution in [3.05, 3.63) is 52.1 Å². The van der Waals surface area contributed by atoms with Gasteiger partial charge < -0.3 is 69.5 Å². The van der Waals surface area contributed by atoms with Gasteiger partial charge in [0.25, 0.3) is 11.5 Å². The molecule has 30 heteroatoms. The Morgan fingerprint density at radius 1 is 0.750 bits per heavy atom. The molecule has 0 aliphatic heterocycles. The van der Waals surface area contributed by atoms with E-state index in [1.807, 2.05) is 6.92 Å². The van der Waals surface area contributed by atoms with Crippen LogP contribution < -0.4 is 54.7 Å². The molecule has 0 bridgehead atoms. The number of aliphatic imine (C=N–C) groups is 1. The number of hydrogen-bond donors (Lipinski definition) is 14. The lowest BCUT2D eigenvalue weighted by Gasteiger charge is -2.25. The molecular weight excluding hydrogens is 941 g/mol. The minimum atomic E-state index is -1.88. The molecule has 0 saturated carbocycles. The number of carboxylic acid groups (broad SMARTS) is 4. The number of nitrogen functional groups attached to an aromatic ring is 1. The molecule has 0 fully saturated rings. The molecule has 1 aromatic carbocycles. The van der Waals surface area contributed by atoms with Gasteiger partial charge in [-0.2, -0.15) is 4.98 Å². The van der Waals surface area contributed by atoms with E-state index in [1.54, 1.807) is 0 Å². The number of fused-ring (bicyclic) bond motifs is 1. The van der Waals surface area contributed by atoms with Crippen LogP contribution in [0.3, 0.4) is 0 Å². The minimum Gasteiger partial charge on any atom is -0.481 e. The molecule has 3 aromatic rings. The highest BCUT2D eigenvalue weighted by Crippen LogP contribution is 2.21. The largest absolute Gasteiger partial charge is 0.481 e. The van der Waals surface area contributed by atoms with E-state index in [4.69, 9.17) is 17.2 Å². The third-order valence-corrected chi connectivity index (χ3v) is 11.5. The summed E-state index contributed by atoms with van der Waals surface area (Å²) in [4.78, 5) is 144. The number of aromatic nitrogens is 4. The quantitative estimate of drug-likeness (QED) is 0.0146. The average molecular weight is 991 g/mol. The smallest absolute Gasteiger partial charge is 0.327 e. The standard InChI is InChI=1S/C38H50N14O14S2/c1-2-67-68-16-24(36(65)66)50-33(61)23(13-27(56)57)49-31(59)20(4-3-11-42-37(39)40)47-32(60)22(12-26(54)55)46-25(53)10-9-21(35(63)64)48-30(58)17-5-7-18(8-6-17)43-14-19-15-44-29-28(45-19)34(62)52-38(41)51-29/h5-8,15,20-24,43H,2-4,9-14,16H2,1H3,(H,46,53)(H,47,60)(H,48,58)(H,49,59)(H,50,61)(H,54,55)(H,56,57)(H,63,64)(H,65,66)(H4,39,40,42)(H3,41,44,51,52,62). The van der Waals surface area contributed by atoms with Gasteiger partial charge in [-0.05, 0) is 43.5 Å². The molecule has 28 nitrogen and oxygen atoms in total. The summed E-state index contributed by atoms with van der Waals surface area (Å²) in [6.07, 6.45) is -2.16. The summed E-state index contributed by atoms with van der Waals surface area (Å²) in [7, 11) is 2.44. The number of nitrogens with zero attached hydrogens (tertiary/aromatic N) is 4. The van der Waals surface area contributed by atoms with Crippen LogP contribution in [0.15, 0.2) is 40.2 Å². The highest BCUT2D eigenvalue weighted by Gasteiger charge is 2.33. The molecule has 17 N–H and O–H groups in total. The number of rotatable bonds is 29. The molecule has 2 heterocycles. The number of hydrogen-bond acceptors (Lipinski definition) is 18. The number of nitrogens with two attached hydrogens (primary N) is 3. The topological polar surface area (TPSA) is 469 Å². The second-order valence-corrected chi connectivity index (χ2v) is 17.1. The van der Waals surface area contributed by atoms with Crippen LogP contribution in [-0.2, 0) is 44.9 Å². The zero-order valence-electron chi connectivity index (χ0n) is 36.1. The van der Waals surface area contributed by atoms with Crippen molar-refractivity contribution in [2.24, 2.45) is 16.5 Å². The van der Waals surface area contributed by atoms with Crippen LogP contribution in [0.1, 0.15) is 61.5 Å². The number of guanidine groups is 1. The van der Waals surface area contributed by atoms with Crippen molar-refractivity contribution >= 4 is 104 Å². The van der Waals surface area contributed by atoms with Crippen molar-refractivity contribution in [2.75, 3.05) is 29.1 Å². The molecule has 0 saturated heterocycles. The monoisotopic (exact) mass is 990 g/mol. The summed E-state index contributed by atoms with van der Waals surface area (Å²) in [5.41, 5.74) is 16.6. The molecule has 0 radical (unpaired) electrons. The van der Waals surface area contributed by atoms with Crippen molar-refractivity contribution in [1.29, 1.82) is 0 Å². The molecule has 0 aliphatic rings. The number of benzene rings is 1. The van der Waals surface area contributed by atoms with Crippen molar-refractivity contribution < 1.29 is 63.6 Å². The van der Waals surface area contributed by atoms with Gasteiger partial charge in [0.2, 0.25) is 29.6 Å². The number of aromatic amines is 1. The highest BCUT2D eigenvalue weighted by atomic mass is 33.1. The molecule has 5 unspecified atom stereocenters. The summed E-state index contributed by atoms with van der Waals surface area (Å²) >= 11 is 0. The first-order chi connectivity index (χ1) is 32.2. The maximum absolute atomic E-state index is 13.6. The number of carboxylic acids is 4. The molecule has 2 aromatic heterocycles. The Labute approximate surface area is 392 Å². The highest BCUT2D eigenvalue weighted by molar-refractivity contribution is 8.76. The fourth-order valence-electron chi connectivity index (χ4n) is 5.76. The number of carbonyl (C=O) groups is 9. The number of carbonyl (C=O) groups excluding carboxylic acids is 5. The second kappa shape index (κ2) is 27.0. The van der Waals surface area contributed by atoms with Crippen molar-refractivity contribution in [2.45, 2.75) is 82.2 Å². The van der Waals surface area contributed by atoms with Gasteiger partial charge in [0, 0.05) is 35.7 Å². The summed E-state index contributed by atoms with van der Waals surface area (Å²) in [5.74, 6) is -11.5. The first-order valence-corrected chi connectivity index (χ1v) is 22.7. The number of H-pyrrole nitrogens is 1. The molecular formula is C38H50N14O14S2. The first-order valence-electron chi connectivity index (χ1n) is 20.2. The van der Waals surface area contributed by atoms with Gasteiger partial charge in [-0.25, -0.2) is 19.6 Å². The normalized spacial score (nSPS) is 13.0. The maximum Gasteiger partial charge on any atom is 0.327 e. The third kappa shape index (κ3) is 18.6. The van der Waals surface area contributed by atoms with E-state index in [1.165, 1.54) is 41.3 Å². The fourth-order valence-corrected chi connectivity index (χ4v) is 7.58. The fraction of sp³-hybridized carbons (Fsp3) is 0.421. The lowest BCUT2D eigenvalue weighted by atomic mass is 10.1. The molecule has 368 valence electrons. The zero-order chi connectivity index (χ0) is 50.5. The Morgan fingerprint density at radius 2 is 1.34 bits per heavy atom. The predicted molar refractivity (Wildman–Crippen MR) is 245 cm³/mol. The minimum absolute atomic E-state index is 0.0142. The van der Waals surface area contributed by atoms with Gasteiger partial charge in [-0.15, -0.1) is 0 Å². The Kier molecular flexibility index (Phi) is 21.7. The summed E-state index contributed by atoms with van der Waals surface area (Å²) in [5, 5.41) is 52.6. The maximum atomic E-state index is 13.6. The van der Waals surface area contributed by atoms with Crippen molar-refractivity contribution in [3.8, 4) is 0 Å². The zero-order valence-corrected chi connectivity index (χ0v) is 37.7. The molecule has 0 spiro atoms. The van der Waals surface area contributed by atoms with Crippen LogP contribution in [0.4, 0.5) is 11.6 Å². The number of amides is 5. The van der Waals surface area contributed by atoms with Crippen LogP contribution in [-0.4, -0.2) is 148 Å². The van der Waals surface area contributed by atoms with Gasteiger partial charge in [-0.3, -0.25) is 48.3 Å². The van der Waals surface area contributed by atoms with Gasteiger partial charge in [0.15, 0.2) is 17.1 Å². The van der Waals surface area contributed by atoms with Crippen LogP contribution in [0.2, 0.25) is 0 Å². The van der Waals surface area contributed by atoms with Gasteiger partial charge in [0.1, 0.15) is 30.2 Å². The Hall–Kier alpha value is -7.76.